The number of hydrogen-bond donors (Lipinski definition) is 1. The van der Waals surface area contributed by atoms with Gasteiger partial charge in [0.2, 0.25) is 0 Å². The van der Waals surface area contributed by atoms with Crippen molar-refractivity contribution in [1.29, 1.82) is 0 Å². The fourth-order valence-electron chi connectivity index (χ4n) is 4.44. The highest BCUT2D eigenvalue weighted by Gasteiger charge is 2.26. The molecule has 0 saturated heterocycles. The van der Waals surface area contributed by atoms with E-state index in [0.717, 1.165) is 30.6 Å². The molecule has 0 unspecified atom stereocenters. The molecule has 0 bridgehead atoms. The number of fused-ring (bicyclic) bond motifs is 7. The van der Waals surface area contributed by atoms with E-state index < -0.39 is 0 Å². The molecule has 1 aromatic heterocycles. The number of anilines is 1. The lowest BCUT2D eigenvalue weighted by atomic mass is 9.95. The third kappa shape index (κ3) is 2.99. The van der Waals surface area contributed by atoms with Gasteiger partial charge in [-0.1, -0.05) is 60.7 Å². The molecule has 0 radical (unpaired) electrons. The molecule has 1 heterocycles. The average molecular weight is 416 g/mol. The first-order chi connectivity index (χ1) is 14.2. The summed E-state index contributed by atoms with van der Waals surface area (Å²) in [6.45, 7) is 5.84. The van der Waals surface area contributed by atoms with Gasteiger partial charge in [0.25, 0.3) is 0 Å². The molecule has 0 fully saturated rings. The van der Waals surface area contributed by atoms with E-state index in [1.54, 1.807) is 6.08 Å². The zero-order valence-electron chi connectivity index (χ0n) is 16.4. The summed E-state index contributed by atoms with van der Waals surface area (Å²) < 4.78 is 1.32. The van der Waals surface area contributed by atoms with Crippen LogP contribution in [-0.4, -0.2) is 0 Å². The lowest BCUT2D eigenvalue weighted by molar-refractivity contribution is 1.01. The van der Waals surface area contributed by atoms with Crippen LogP contribution in [0, 0.1) is 0 Å². The largest absolute Gasteiger partial charge is 0.353 e. The number of aryl methyl sites for hydroxylation is 1. The minimum Gasteiger partial charge on any atom is -0.353 e. The second-order valence-electron chi connectivity index (χ2n) is 7.46. The van der Waals surface area contributed by atoms with Crippen molar-refractivity contribution in [2.45, 2.75) is 26.2 Å². The standard InChI is InChI=1S/C26H22ClNS/c1-3-9-22(21(27)4-2)28-23-15-19-17-11-6-5-10-16(17)14-20(19)25-18-12-7-8-13-24(18)29-26(23)25/h3-7,9-12,15,28H,2,8,13-14H2,1H3/b9-3-,22-21-. The Morgan fingerprint density at radius 3 is 2.93 bits per heavy atom. The van der Waals surface area contributed by atoms with E-state index in [0.29, 0.717) is 5.03 Å². The maximum absolute atomic E-state index is 6.45. The third-order valence-corrected chi connectivity index (χ3v) is 7.38. The van der Waals surface area contributed by atoms with E-state index >= 15 is 0 Å². The van der Waals surface area contributed by atoms with Gasteiger partial charge in [0, 0.05) is 10.3 Å². The van der Waals surface area contributed by atoms with Gasteiger partial charge in [0.1, 0.15) is 0 Å². The molecule has 29 heavy (non-hydrogen) atoms. The lowest BCUT2D eigenvalue weighted by Crippen LogP contribution is -2.00. The summed E-state index contributed by atoms with van der Waals surface area (Å²) in [5.41, 5.74) is 8.96. The summed E-state index contributed by atoms with van der Waals surface area (Å²) in [6.07, 6.45) is 13.6. The number of benzene rings is 2. The van der Waals surface area contributed by atoms with Crippen LogP contribution in [0.5, 0.6) is 0 Å². The molecule has 0 atom stereocenters. The molecule has 0 amide bonds. The van der Waals surface area contributed by atoms with Crippen molar-refractivity contribution < 1.29 is 0 Å². The first-order valence-electron chi connectivity index (χ1n) is 9.99. The summed E-state index contributed by atoms with van der Waals surface area (Å²) in [4.78, 5) is 1.49. The fraction of sp³-hybridized carbons (Fsp3) is 0.154. The Morgan fingerprint density at radius 2 is 2.10 bits per heavy atom. The van der Waals surface area contributed by atoms with Crippen molar-refractivity contribution in [3.05, 3.63) is 93.5 Å². The monoisotopic (exact) mass is 415 g/mol. The molecule has 2 aromatic carbocycles. The zero-order valence-corrected chi connectivity index (χ0v) is 18.0. The highest BCUT2D eigenvalue weighted by Crippen LogP contribution is 2.49. The van der Waals surface area contributed by atoms with Gasteiger partial charge in [-0.15, -0.1) is 11.3 Å². The minimum absolute atomic E-state index is 0.623. The Bertz CT molecular complexity index is 1240. The van der Waals surface area contributed by atoms with Crippen LogP contribution in [0.3, 0.4) is 0 Å². The molecule has 0 saturated carbocycles. The van der Waals surface area contributed by atoms with Crippen LogP contribution in [-0.2, 0) is 12.8 Å². The predicted molar refractivity (Wildman–Crippen MR) is 129 cm³/mol. The van der Waals surface area contributed by atoms with E-state index in [1.165, 1.54) is 42.8 Å². The highest BCUT2D eigenvalue weighted by atomic mass is 35.5. The van der Waals surface area contributed by atoms with Crippen LogP contribution in [0.1, 0.15) is 34.9 Å². The van der Waals surface area contributed by atoms with Crippen LogP contribution in [0.2, 0.25) is 0 Å². The number of thiophene rings is 1. The van der Waals surface area contributed by atoms with Crippen molar-refractivity contribution >= 4 is 44.8 Å². The Hall–Kier alpha value is -2.55. The molecule has 144 valence electrons. The van der Waals surface area contributed by atoms with Gasteiger partial charge in [0.15, 0.2) is 0 Å². The summed E-state index contributed by atoms with van der Waals surface area (Å²) >= 11 is 8.37. The maximum atomic E-state index is 6.45. The SMILES string of the molecule is C=C/C(Cl)=C(\C=C/C)Nc1cc2c(c3c4c(sc13)CCC=C4)Cc1ccccc1-2. The second kappa shape index (κ2) is 7.37. The van der Waals surface area contributed by atoms with Crippen molar-refractivity contribution in [3.8, 4) is 11.1 Å². The number of allylic oxidation sites excluding steroid dienone is 5. The molecule has 0 spiro atoms. The van der Waals surface area contributed by atoms with Crippen LogP contribution in [0.4, 0.5) is 5.69 Å². The van der Waals surface area contributed by atoms with Gasteiger partial charge in [-0.25, -0.2) is 0 Å². The van der Waals surface area contributed by atoms with E-state index in [1.807, 2.05) is 30.4 Å². The van der Waals surface area contributed by atoms with Crippen molar-refractivity contribution in [1.82, 2.24) is 0 Å². The van der Waals surface area contributed by atoms with Gasteiger partial charge >= 0.3 is 0 Å². The van der Waals surface area contributed by atoms with Crippen LogP contribution in [0.25, 0.3) is 27.3 Å². The Kier molecular flexibility index (Phi) is 4.69. The van der Waals surface area contributed by atoms with Gasteiger partial charge in [-0.3, -0.25) is 0 Å². The molecule has 3 heteroatoms. The second-order valence-corrected chi connectivity index (χ2v) is 8.97. The van der Waals surface area contributed by atoms with Crippen molar-refractivity contribution in [2.24, 2.45) is 0 Å². The molecular weight excluding hydrogens is 394 g/mol. The molecule has 3 aromatic rings. The molecule has 1 N–H and O–H groups in total. The molecule has 0 aliphatic heterocycles. The lowest BCUT2D eigenvalue weighted by Gasteiger charge is -2.14. The van der Waals surface area contributed by atoms with Gasteiger partial charge in [-0.05, 0) is 72.2 Å². The van der Waals surface area contributed by atoms with E-state index in [2.05, 4.69) is 54.4 Å². The van der Waals surface area contributed by atoms with Crippen LogP contribution in [0.15, 0.2) is 71.9 Å². The average Bonchev–Trinajstić information content (AvgIpc) is 3.31. The number of halogens is 1. The van der Waals surface area contributed by atoms with Gasteiger partial charge in [-0.2, -0.15) is 0 Å². The van der Waals surface area contributed by atoms with Gasteiger partial charge in [0.05, 0.1) is 21.1 Å². The number of hydrogen-bond acceptors (Lipinski definition) is 2. The van der Waals surface area contributed by atoms with Crippen molar-refractivity contribution in [3.63, 3.8) is 0 Å². The van der Waals surface area contributed by atoms with Crippen LogP contribution < -0.4 is 5.32 Å². The Morgan fingerprint density at radius 1 is 1.24 bits per heavy atom. The first kappa shape index (κ1) is 18.5. The fourth-order valence-corrected chi connectivity index (χ4v) is 5.85. The Labute approximate surface area is 180 Å². The quantitative estimate of drug-likeness (QED) is 0.332. The minimum atomic E-state index is 0.623. The topological polar surface area (TPSA) is 12.0 Å². The third-order valence-electron chi connectivity index (χ3n) is 5.72. The van der Waals surface area contributed by atoms with E-state index in [9.17, 15) is 0 Å². The van der Waals surface area contributed by atoms with Crippen LogP contribution >= 0.6 is 22.9 Å². The molecule has 2 aliphatic carbocycles. The summed E-state index contributed by atoms with van der Waals surface area (Å²) in [7, 11) is 0. The maximum Gasteiger partial charge on any atom is 0.0634 e. The van der Waals surface area contributed by atoms with E-state index in [-0.39, 0.29) is 0 Å². The summed E-state index contributed by atoms with van der Waals surface area (Å²) in [5, 5.41) is 5.65. The van der Waals surface area contributed by atoms with Crippen molar-refractivity contribution in [2.75, 3.05) is 5.32 Å². The summed E-state index contributed by atoms with van der Waals surface area (Å²) in [6, 6.07) is 11.1. The zero-order chi connectivity index (χ0) is 20.0. The number of nitrogens with one attached hydrogen (secondary N) is 1. The first-order valence-corrected chi connectivity index (χ1v) is 11.2. The molecule has 2 aliphatic rings. The van der Waals surface area contributed by atoms with Gasteiger partial charge < -0.3 is 5.32 Å². The smallest absolute Gasteiger partial charge is 0.0634 e. The predicted octanol–water partition coefficient (Wildman–Crippen LogP) is 8.06. The van der Waals surface area contributed by atoms with E-state index in [4.69, 9.17) is 11.6 Å². The molecular formula is C26H22ClNS. The number of rotatable bonds is 4. The highest BCUT2D eigenvalue weighted by molar-refractivity contribution is 7.20. The molecule has 5 rings (SSSR count). The molecule has 1 nitrogen and oxygen atoms in total. The normalized spacial score (nSPS) is 15.2. The Balaban J connectivity index is 1.79. The summed E-state index contributed by atoms with van der Waals surface area (Å²) in [5.74, 6) is 0.